The van der Waals surface area contributed by atoms with E-state index in [2.05, 4.69) is 9.88 Å². The molecule has 2 saturated heterocycles. The lowest BCUT2D eigenvalue weighted by Gasteiger charge is -2.44. The number of aryl methyl sites for hydroxylation is 1. The molecule has 0 spiro atoms. The van der Waals surface area contributed by atoms with Crippen molar-refractivity contribution in [1.29, 1.82) is 0 Å². The lowest BCUT2D eigenvalue weighted by atomic mass is 10.1. The molecular formula is C12H19N5O3S. The Morgan fingerprint density at radius 2 is 1.90 bits per heavy atom. The zero-order chi connectivity index (χ0) is 15.2. The quantitative estimate of drug-likeness (QED) is 0.669. The average Bonchev–Trinajstić information content (AvgIpc) is 2.90. The molecule has 3 rings (SSSR count). The largest absolute Gasteiger partial charge is 0.343 e. The number of imidazole rings is 1. The molecule has 0 aliphatic carbocycles. The summed E-state index contributed by atoms with van der Waals surface area (Å²) in [5, 5.41) is 0.0371. The van der Waals surface area contributed by atoms with Crippen molar-refractivity contribution in [3.8, 4) is 0 Å². The fourth-order valence-corrected chi connectivity index (χ4v) is 4.22. The van der Waals surface area contributed by atoms with Gasteiger partial charge in [0, 0.05) is 53.0 Å². The molecule has 0 N–H and O–H groups in total. The number of piperazine rings is 2. The molecule has 21 heavy (non-hydrogen) atoms. The monoisotopic (exact) mass is 313 g/mol. The molecule has 1 unspecified atom stereocenters. The fourth-order valence-electron chi connectivity index (χ4n) is 2.81. The molecule has 3 heterocycles. The van der Waals surface area contributed by atoms with Gasteiger partial charge in [-0.05, 0) is 0 Å². The van der Waals surface area contributed by atoms with E-state index in [1.807, 2.05) is 0 Å². The summed E-state index contributed by atoms with van der Waals surface area (Å²) in [4.78, 5) is 19.9. The van der Waals surface area contributed by atoms with E-state index in [1.165, 1.54) is 16.8 Å². The first kappa shape index (κ1) is 14.5. The van der Waals surface area contributed by atoms with Crippen LogP contribution in [0, 0.1) is 0 Å². The number of hydrogen-bond acceptors (Lipinski definition) is 5. The molecule has 1 atom stereocenters. The molecule has 9 heteroatoms. The Labute approximate surface area is 124 Å². The van der Waals surface area contributed by atoms with E-state index in [4.69, 9.17) is 0 Å². The van der Waals surface area contributed by atoms with Gasteiger partial charge < -0.3 is 9.47 Å². The van der Waals surface area contributed by atoms with Gasteiger partial charge >= 0.3 is 0 Å². The van der Waals surface area contributed by atoms with Crippen LogP contribution in [0.15, 0.2) is 17.6 Å². The van der Waals surface area contributed by atoms with Crippen LogP contribution in [0.5, 0.6) is 0 Å². The Balaban J connectivity index is 1.83. The van der Waals surface area contributed by atoms with Crippen LogP contribution in [0.4, 0.5) is 0 Å². The zero-order valence-corrected chi connectivity index (χ0v) is 13.0. The number of carbonyl (C=O) groups excluding carboxylic acids is 1. The van der Waals surface area contributed by atoms with Gasteiger partial charge in [0.05, 0.1) is 6.33 Å². The van der Waals surface area contributed by atoms with Crippen molar-refractivity contribution in [2.24, 2.45) is 7.05 Å². The van der Waals surface area contributed by atoms with Crippen LogP contribution in [-0.2, 0) is 21.9 Å². The van der Waals surface area contributed by atoms with Crippen molar-refractivity contribution in [3.05, 3.63) is 12.5 Å². The van der Waals surface area contributed by atoms with E-state index in [1.54, 1.807) is 23.6 Å². The van der Waals surface area contributed by atoms with E-state index in [9.17, 15) is 13.2 Å². The summed E-state index contributed by atoms with van der Waals surface area (Å²) in [6, 6.07) is -0.379. The molecule has 0 bridgehead atoms. The highest BCUT2D eigenvalue weighted by Crippen LogP contribution is 2.21. The van der Waals surface area contributed by atoms with Gasteiger partial charge in [-0.3, -0.25) is 9.69 Å². The van der Waals surface area contributed by atoms with E-state index in [0.717, 1.165) is 6.54 Å². The number of fused-ring (bicyclic) bond motifs is 1. The van der Waals surface area contributed by atoms with Gasteiger partial charge in [-0.1, -0.05) is 0 Å². The van der Waals surface area contributed by atoms with Crippen LogP contribution in [0.1, 0.15) is 0 Å². The maximum Gasteiger partial charge on any atom is 0.262 e. The fraction of sp³-hybridized carbons (Fsp3) is 0.667. The Morgan fingerprint density at radius 3 is 2.57 bits per heavy atom. The molecule has 1 aromatic heterocycles. The van der Waals surface area contributed by atoms with Gasteiger partial charge in [0.1, 0.15) is 6.04 Å². The minimum atomic E-state index is -3.63. The van der Waals surface area contributed by atoms with E-state index in [0.29, 0.717) is 19.6 Å². The maximum absolute atomic E-state index is 12.6. The highest BCUT2D eigenvalue weighted by Gasteiger charge is 2.41. The Hall–Kier alpha value is -1.45. The number of carbonyl (C=O) groups is 1. The second-order valence-electron chi connectivity index (χ2n) is 5.55. The predicted octanol–water partition coefficient (Wildman–Crippen LogP) is -1.43. The molecule has 2 aliphatic heterocycles. The van der Waals surface area contributed by atoms with E-state index < -0.39 is 10.0 Å². The van der Waals surface area contributed by atoms with E-state index in [-0.39, 0.29) is 23.5 Å². The lowest BCUT2D eigenvalue weighted by Crippen LogP contribution is -2.64. The van der Waals surface area contributed by atoms with Crippen molar-refractivity contribution in [2.75, 3.05) is 39.8 Å². The third-order valence-corrected chi connectivity index (χ3v) is 5.87. The van der Waals surface area contributed by atoms with Gasteiger partial charge in [-0.25, -0.2) is 13.4 Å². The van der Waals surface area contributed by atoms with Crippen molar-refractivity contribution in [2.45, 2.75) is 11.1 Å². The molecule has 1 amide bonds. The van der Waals surface area contributed by atoms with E-state index >= 15 is 0 Å². The van der Waals surface area contributed by atoms with Crippen molar-refractivity contribution in [1.82, 2.24) is 23.7 Å². The summed E-state index contributed by atoms with van der Waals surface area (Å²) < 4.78 is 28.1. The van der Waals surface area contributed by atoms with Gasteiger partial charge in [0.2, 0.25) is 5.91 Å². The molecule has 0 saturated carbocycles. The van der Waals surface area contributed by atoms with Crippen LogP contribution in [0.2, 0.25) is 0 Å². The number of aromatic nitrogens is 2. The topological polar surface area (TPSA) is 78.8 Å². The minimum Gasteiger partial charge on any atom is -0.343 e. The van der Waals surface area contributed by atoms with Crippen LogP contribution in [0.3, 0.4) is 0 Å². The second kappa shape index (κ2) is 5.08. The molecule has 2 fully saturated rings. The number of amides is 1. The molecule has 1 aromatic rings. The van der Waals surface area contributed by atoms with Gasteiger partial charge in [0.15, 0.2) is 5.03 Å². The SMILES string of the molecule is CN1CCN2CCN(S(=O)(=O)c3cn(C)cn3)CC2C1=O. The Morgan fingerprint density at radius 1 is 1.19 bits per heavy atom. The highest BCUT2D eigenvalue weighted by molar-refractivity contribution is 7.89. The average molecular weight is 313 g/mol. The third-order valence-electron chi connectivity index (χ3n) is 4.12. The first-order chi connectivity index (χ1) is 9.89. The smallest absolute Gasteiger partial charge is 0.262 e. The summed E-state index contributed by atoms with van der Waals surface area (Å²) in [7, 11) is -0.147. The third kappa shape index (κ3) is 2.45. The molecule has 0 aromatic carbocycles. The van der Waals surface area contributed by atoms with Gasteiger partial charge in [0.25, 0.3) is 10.0 Å². The van der Waals surface area contributed by atoms with Crippen molar-refractivity contribution >= 4 is 15.9 Å². The predicted molar refractivity (Wildman–Crippen MR) is 75.0 cm³/mol. The zero-order valence-electron chi connectivity index (χ0n) is 12.1. The highest BCUT2D eigenvalue weighted by atomic mass is 32.2. The van der Waals surface area contributed by atoms with Gasteiger partial charge in [-0.15, -0.1) is 0 Å². The summed E-state index contributed by atoms with van der Waals surface area (Å²) in [6.07, 6.45) is 2.94. The van der Waals surface area contributed by atoms with Crippen LogP contribution in [0.25, 0.3) is 0 Å². The number of rotatable bonds is 2. The molecule has 116 valence electrons. The minimum absolute atomic E-state index is 0.0119. The summed E-state index contributed by atoms with van der Waals surface area (Å²) in [5.41, 5.74) is 0. The number of sulfonamides is 1. The molecular weight excluding hydrogens is 294 g/mol. The molecule has 2 aliphatic rings. The van der Waals surface area contributed by atoms with Crippen molar-refractivity contribution < 1.29 is 13.2 Å². The Bertz CT molecular complexity index is 656. The normalized spacial score (nSPS) is 25.1. The van der Waals surface area contributed by atoms with Crippen LogP contribution >= 0.6 is 0 Å². The summed E-state index contributed by atoms with van der Waals surface area (Å²) >= 11 is 0. The summed E-state index contributed by atoms with van der Waals surface area (Å²) in [5.74, 6) is -0.0119. The number of likely N-dealkylation sites (N-methyl/N-ethyl adjacent to an activating group) is 1. The Kier molecular flexibility index (Phi) is 3.50. The maximum atomic E-state index is 12.6. The molecule has 0 radical (unpaired) electrons. The first-order valence-corrected chi connectivity index (χ1v) is 8.31. The van der Waals surface area contributed by atoms with Gasteiger partial charge in [-0.2, -0.15) is 4.31 Å². The lowest BCUT2D eigenvalue weighted by molar-refractivity contribution is -0.142. The van der Waals surface area contributed by atoms with Crippen molar-refractivity contribution in [3.63, 3.8) is 0 Å². The standard InChI is InChI=1S/C12H19N5O3S/c1-14-8-11(13-9-14)21(19,20)17-6-5-16-4-3-15(2)12(18)10(16)7-17/h8-10H,3-7H2,1-2H3. The molecule has 8 nitrogen and oxygen atoms in total. The number of hydrogen-bond donors (Lipinski definition) is 0. The first-order valence-electron chi connectivity index (χ1n) is 6.87. The van der Waals surface area contributed by atoms with Crippen LogP contribution < -0.4 is 0 Å². The summed E-state index contributed by atoms with van der Waals surface area (Å²) in [6.45, 7) is 2.66. The van der Waals surface area contributed by atoms with Crippen LogP contribution in [-0.4, -0.2) is 83.8 Å². The second-order valence-corrected chi connectivity index (χ2v) is 7.44. The number of nitrogens with zero attached hydrogens (tertiary/aromatic N) is 5.